The van der Waals surface area contributed by atoms with Gasteiger partial charge in [-0.15, -0.1) is 11.3 Å². The van der Waals surface area contributed by atoms with Crippen LogP contribution >= 0.6 is 11.3 Å². The minimum absolute atomic E-state index is 0.293. The molecule has 124 valence electrons. The van der Waals surface area contributed by atoms with Crippen molar-refractivity contribution in [3.63, 3.8) is 0 Å². The molecule has 2 heterocycles. The summed E-state index contributed by atoms with van der Waals surface area (Å²) >= 11 is 1.43. The van der Waals surface area contributed by atoms with Gasteiger partial charge in [0, 0.05) is 11.8 Å². The summed E-state index contributed by atoms with van der Waals surface area (Å²) in [4.78, 5) is 5.81. The van der Waals surface area contributed by atoms with Crippen LogP contribution in [0, 0.1) is 0 Å². The van der Waals surface area contributed by atoms with Gasteiger partial charge in [0.2, 0.25) is 0 Å². The number of rotatable bonds is 6. The Labute approximate surface area is 139 Å². The summed E-state index contributed by atoms with van der Waals surface area (Å²) in [5.41, 5.74) is 1.14. The molecular weight excluding hydrogens is 339 g/mol. The van der Waals surface area contributed by atoms with Gasteiger partial charge in [-0.05, 0) is 23.6 Å². The molecule has 0 aliphatic heterocycles. The van der Waals surface area contributed by atoms with Crippen LogP contribution in [0.5, 0.6) is 0 Å². The standard InChI is InChI=1S/C17H12F3NO2S/c18-12(17(19)20)7-8-22-21-16(15-6-3-9-24-15)14-10-11-4-1-2-5-13(11)23-14/h1-6,9-10H,7-8H2. The maximum absolute atomic E-state index is 12.8. The van der Waals surface area contributed by atoms with Crippen molar-refractivity contribution >= 4 is 28.0 Å². The van der Waals surface area contributed by atoms with Crippen LogP contribution in [0.3, 0.4) is 0 Å². The molecule has 0 saturated carbocycles. The van der Waals surface area contributed by atoms with E-state index in [9.17, 15) is 13.2 Å². The van der Waals surface area contributed by atoms with Crippen LogP contribution in [0.25, 0.3) is 11.0 Å². The highest BCUT2D eigenvalue weighted by molar-refractivity contribution is 7.12. The number of hydrogen-bond acceptors (Lipinski definition) is 4. The van der Waals surface area contributed by atoms with Crippen LogP contribution in [0.4, 0.5) is 13.2 Å². The molecule has 0 spiro atoms. The summed E-state index contributed by atoms with van der Waals surface area (Å²) in [6.07, 6.45) is -2.87. The second-order valence-electron chi connectivity index (χ2n) is 4.81. The third-order valence-electron chi connectivity index (χ3n) is 3.19. The van der Waals surface area contributed by atoms with Gasteiger partial charge in [-0.25, -0.2) is 4.39 Å². The van der Waals surface area contributed by atoms with E-state index in [1.807, 2.05) is 47.8 Å². The lowest BCUT2D eigenvalue weighted by molar-refractivity contribution is 0.141. The van der Waals surface area contributed by atoms with Crippen LogP contribution in [-0.4, -0.2) is 12.3 Å². The maximum atomic E-state index is 12.8. The predicted molar refractivity (Wildman–Crippen MR) is 87.1 cm³/mol. The number of halogens is 3. The van der Waals surface area contributed by atoms with Gasteiger partial charge < -0.3 is 9.25 Å². The van der Waals surface area contributed by atoms with Gasteiger partial charge >= 0.3 is 6.08 Å². The lowest BCUT2D eigenvalue weighted by Gasteiger charge is -2.02. The molecule has 24 heavy (non-hydrogen) atoms. The van der Waals surface area contributed by atoms with E-state index in [1.54, 1.807) is 0 Å². The van der Waals surface area contributed by atoms with E-state index in [0.717, 1.165) is 10.3 Å². The Morgan fingerprint density at radius 1 is 1.12 bits per heavy atom. The molecule has 0 radical (unpaired) electrons. The molecule has 0 fully saturated rings. The lowest BCUT2D eigenvalue weighted by atomic mass is 10.2. The maximum Gasteiger partial charge on any atom is 0.301 e. The molecule has 0 amide bonds. The van der Waals surface area contributed by atoms with Crippen molar-refractivity contribution in [1.82, 2.24) is 0 Å². The average Bonchev–Trinajstić information content (AvgIpc) is 3.23. The number of para-hydroxylation sites is 1. The van der Waals surface area contributed by atoms with Crippen LogP contribution in [-0.2, 0) is 4.84 Å². The van der Waals surface area contributed by atoms with Gasteiger partial charge in [0.15, 0.2) is 17.3 Å². The van der Waals surface area contributed by atoms with Crippen LogP contribution in [0.1, 0.15) is 17.1 Å². The molecule has 3 nitrogen and oxygen atoms in total. The van der Waals surface area contributed by atoms with Crippen LogP contribution in [0.2, 0.25) is 0 Å². The summed E-state index contributed by atoms with van der Waals surface area (Å²) < 4.78 is 42.6. The Hall–Kier alpha value is -2.54. The van der Waals surface area contributed by atoms with Gasteiger partial charge in [-0.3, -0.25) is 0 Å². The van der Waals surface area contributed by atoms with Crippen molar-refractivity contribution in [2.24, 2.45) is 5.16 Å². The van der Waals surface area contributed by atoms with E-state index in [-0.39, 0.29) is 6.61 Å². The molecule has 0 saturated heterocycles. The fraction of sp³-hybridized carbons (Fsp3) is 0.118. The Kier molecular flexibility index (Phi) is 5.00. The van der Waals surface area contributed by atoms with E-state index < -0.39 is 18.3 Å². The number of thiophene rings is 1. The van der Waals surface area contributed by atoms with Gasteiger partial charge in [0.05, 0.1) is 4.88 Å². The monoisotopic (exact) mass is 351 g/mol. The molecule has 1 aromatic carbocycles. The van der Waals surface area contributed by atoms with Crippen LogP contribution in [0.15, 0.2) is 69.3 Å². The van der Waals surface area contributed by atoms with Gasteiger partial charge in [-0.1, -0.05) is 29.4 Å². The van der Waals surface area contributed by atoms with Crippen molar-refractivity contribution in [2.75, 3.05) is 6.61 Å². The number of benzene rings is 1. The Balaban J connectivity index is 1.84. The van der Waals surface area contributed by atoms with E-state index in [4.69, 9.17) is 9.25 Å². The Morgan fingerprint density at radius 3 is 2.67 bits per heavy atom. The molecule has 0 aliphatic carbocycles. The predicted octanol–water partition coefficient (Wildman–Crippen LogP) is 5.73. The zero-order chi connectivity index (χ0) is 16.9. The van der Waals surface area contributed by atoms with Crippen molar-refractivity contribution < 1.29 is 22.4 Å². The second-order valence-corrected chi connectivity index (χ2v) is 5.76. The van der Waals surface area contributed by atoms with E-state index in [0.29, 0.717) is 17.1 Å². The van der Waals surface area contributed by atoms with E-state index in [1.165, 1.54) is 11.3 Å². The summed E-state index contributed by atoms with van der Waals surface area (Å²) in [6, 6.07) is 13.0. The van der Waals surface area contributed by atoms with E-state index in [2.05, 4.69) is 5.16 Å². The van der Waals surface area contributed by atoms with E-state index >= 15 is 0 Å². The molecule has 3 aromatic rings. The topological polar surface area (TPSA) is 34.7 Å². The molecule has 0 aliphatic rings. The normalized spacial score (nSPS) is 11.7. The summed E-state index contributed by atoms with van der Waals surface area (Å²) in [5, 5.41) is 6.74. The zero-order valence-corrected chi connectivity index (χ0v) is 13.2. The van der Waals surface area contributed by atoms with Gasteiger partial charge in [0.1, 0.15) is 12.2 Å². The summed E-state index contributed by atoms with van der Waals surface area (Å²) in [6.45, 7) is -0.293. The number of fused-ring (bicyclic) bond motifs is 1. The minimum Gasteiger partial charge on any atom is -0.454 e. The van der Waals surface area contributed by atoms with Crippen molar-refractivity contribution in [2.45, 2.75) is 6.42 Å². The molecule has 7 heteroatoms. The fourth-order valence-electron chi connectivity index (χ4n) is 2.06. The molecule has 3 rings (SSSR count). The third kappa shape index (κ3) is 3.68. The van der Waals surface area contributed by atoms with Crippen molar-refractivity contribution in [1.29, 1.82) is 0 Å². The largest absolute Gasteiger partial charge is 0.454 e. The smallest absolute Gasteiger partial charge is 0.301 e. The number of nitrogens with zero attached hydrogens (tertiary/aromatic N) is 1. The van der Waals surface area contributed by atoms with Gasteiger partial charge in [0.25, 0.3) is 0 Å². The number of furan rings is 1. The molecule has 0 unspecified atom stereocenters. The minimum atomic E-state index is -2.33. The van der Waals surface area contributed by atoms with Crippen molar-refractivity contribution in [3.8, 4) is 0 Å². The molecule has 0 bridgehead atoms. The van der Waals surface area contributed by atoms with Gasteiger partial charge in [-0.2, -0.15) is 8.78 Å². The van der Waals surface area contributed by atoms with Crippen molar-refractivity contribution in [3.05, 3.63) is 70.4 Å². The third-order valence-corrected chi connectivity index (χ3v) is 4.06. The molecule has 0 atom stereocenters. The molecule has 0 N–H and O–H groups in total. The SMILES string of the molecule is FC(F)=C(F)CCON=C(c1cc2ccccc2o1)c1cccs1. The zero-order valence-electron chi connectivity index (χ0n) is 12.3. The van der Waals surface area contributed by atoms with Crippen LogP contribution < -0.4 is 0 Å². The Morgan fingerprint density at radius 2 is 1.96 bits per heavy atom. The fourth-order valence-corrected chi connectivity index (χ4v) is 2.77. The molecule has 2 aromatic heterocycles. The summed E-state index contributed by atoms with van der Waals surface area (Å²) in [7, 11) is 0. The number of oxime groups is 1. The quantitative estimate of drug-likeness (QED) is 0.323. The first-order valence-electron chi connectivity index (χ1n) is 7.07. The highest BCUT2D eigenvalue weighted by Crippen LogP contribution is 2.24. The average molecular weight is 351 g/mol. The molecular formula is C17H12F3NO2S. The lowest BCUT2D eigenvalue weighted by Crippen LogP contribution is -2.01. The first-order chi connectivity index (χ1) is 11.6. The second kappa shape index (κ2) is 7.35. The first-order valence-corrected chi connectivity index (χ1v) is 7.95. The number of hydrogen-bond donors (Lipinski definition) is 0. The summed E-state index contributed by atoms with van der Waals surface area (Å²) in [5.74, 6) is -1.00. The first kappa shape index (κ1) is 16.3. The highest BCUT2D eigenvalue weighted by atomic mass is 32.1. The Bertz CT molecular complexity index is 847. The highest BCUT2D eigenvalue weighted by Gasteiger charge is 2.15.